The van der Waals surface area contributed by atoms with Crippen LogP contribution in [0, 0.1) is 13.8 Å². The maximum Gasteiger partial charge on any atom is 0.339 e. The number of nitrogens with zero attached hydrogens (tertiary/aromatic N) is 2. The highest BCUT2D eigenvalue weighted by atomic mass is 16.4. The number of aromatic nitrogens is 2. The minimum Gasteiger partial charge on any atom is -0.478 e. The number of hydrogen-bond acceptors (Lipinski definition) is 4. The van der Waals surface area contributed by atoms with E-state index in [0.717, 1.165) is 19.3 Å². The lowest BCUT2D eigenvalue weighted by Gasteiger charge is -2.18. The fraction of sp³-hybridized carbons (Fsp3) is 0.615. The number of anilines is 1. The molecule has 0 amide bonds. The van der Waals surface area contributed by atoms with E-state index < -0.39 is 5.97 Å². The van der Waals surface area contributed by atoms with Gasteiger partial charge in [0.05, 0.1) is 5.69 Å². The lowest BCUT2D eigenvalue weighted by molar-refractivity contribution is 0.0696. The molecule has 18 heavy (non-hydrogen) atoms. The molecule has 5 nitrogen and oxygen atoms in total. The molecule has 5 heteroatoms. The molecule has 0 aliphatic carbocycles. The third-order valence-electron chi connectivity index (χ3n) is 3.14. The molecule has 0 spiro atoms. The Balaban J connectivity index is 3.08. The van der Waals surface area contributed by atoms with Gasteiger partial charge < -0.3 is 10.4 Å². The molecule has 1 aromatic heterocycles. The number of carboxylic acids is 1. The molecular formula is C13H21N3O2. The molecule has 0 saturated carbocycles. The number of carboxylic acid groups (broad SMARTS) is 1. The number of aromatic carboxylic acids is 1. The van der Waals surface area contributed by atoms with E-state index in [9.17, 15) is 9.90 Å². The van der Waals surface area contributed by atoms with E-state index in [1.54, 1.807) is 13.8 Å². The molecule has 0 aromatic carbocycles. The predicted octanol–water partition coefficient (Wildman–Crippen LogP) is 2.78. The van der Waals surface area contributed by atoms with Crippen molar-refractivity contribution in [1.82, 2.24) is 10.2 Å². The third-order valence-corrected chi connectivity index (χ3v) is 3.14. The number of rotatable bonds is 6. The van der Waals surface area contributed by atoms with Gasteiger partial charge in [0.15, 0.2) is 5.82 Å². The second kappa shape index (κ2) is 6.33. The molecule has 0 saturated heterocycles. The van der Waals surface area contributed by atoms with Crippen molar-refractivity contribution in [2.24, 2.45) is 0 Å². The van der Waals surface area contributed by atoms with Gasteiger partial charge in [0, 0.05) is 6.04 Å². The summed E-state index contributed by atoms with van der Waals surface area (Å²) in [4.78, 5) is 11.3. The molecule has 1 heterocycles. The van der Waals surface area contributed by atoms with Crippen LogP contribution >= 0.6 is 0 Å². The molecule has 1 unspecified atom stereocenters. The smallest absolute Gasteiger partial charge is 0.339 e. The quantitative estimate of drug-likeness (QED) is 0.813. The van der Waals surface area contributed by atoms with Gasteiger partial charge in [0.2, 0.25) is 0 Å². The summed E-state index contributed by atoms with van der Waals surface area (Å²) in [6.07, 6.45) is 2.97. The van der Waals surface area contributed by atoms with Gasteiger partial charge in [-0.25, -0.2) is 4.79 Å². The summed E-state index contributed by atoms with van der Waals surface area (Å²) < 4.78 is 0. The average molecular weight is 251 g/mol. The van der Waals surface area contributed by atoms with Gasteiger partial charge in [-0.1, -0.05) is 20.3 Å². The Morgan fingerprint density at radius 1 is 1.33 bits per heavy atom. The number of carbonyl (C=O) groups is 1. The Kier molecular flexibility index (Phi) is 5.07. The number of aryl methyl sites for hydroxylation is 1. The molecule has 0 aliphatic rings. The summed E-state index contributed by atoms with van der Waals surface area (Å²) in [5, 5.41) is 20.5. The maximum atomic E-state index is 11.3. The molecule has 1 aromatic rings. The van der Waals surface area contributed by atoms with E-state index in [2.05, 4.69) is 29.4 Å². The zero-order valence-corrected chi connectivity index (χ0v) is 11.4. The van der Waals surface area contributed by atoms with Crippen LogP contribution in [0.15, 0.2) is 0 Å². The summed E-state index contributed by atoms with van der Waals surface area (Å²) in [6.45, 7) is 7.71. The van der Waals surface area contributed by atoms with E-state index in [0.29, 0.717) is 17.1 Å². The average Bonchev–Trinajstić information content (AvgIpc) is 2.32. The topological polar surface area (TPSA) is 75.1 Å². The van der Waals surface area contributed by atoms with Crippen LogP contribution in [0.4, 0.5) is 5.82 Å². The van der Waals surface area contributed by atoms with Gasteiger partial charge in [-0.15, -0.1) is 5.10 Å². The van der Waals surface area contributed by atoms with Crippen LogP contribution in [0.1, 0.15) is 54.7 Å². The van der Waals surface area contributed by atoms with Gasteiger partial charge in [-0.2, -0.15) is 5.10 Å². The molecule has 0 aliphatic heterocycles. The van der Waals surface area contributed by atoms with Crippen molar-refractivity contribution in [2.75, 3.05) is 5.32 Å². The first-order valence-electron chi connectivity index (χ1n) is 6.34. The van der Waals surface area contributed by atoms with Gasteiger partial charge in [0.1, 0.15) is 5.56 Å². The Bertz CT molecular complexity index is 432. The van der Waals surface area contributed by atoms with Gasteiger partial charge in [0.25, 0.3) is 0 Å². The first-order chi connectivity index (χ1) is 8.51. The van der Waals surface area contributed by atoms with Crippen LogP contribution in [-0.2, 0) is 0 Å². The van der Waals surface area contributed by atoms with Crippen LogP contribution in [0.5, 0.6) is 0 Å². The SMILES string of the molecule is CCCC(CC)Nc1nnc(C)c(C)c1C(=O)O. The van der Waals surface area contributed by atoms with Crippen molar-refractivity contribution >= 4 is 11.8 Å². The fourth-order valence-corrected chi connectivity index (χ4v) is 1.89. The van der Waals surface area contributed by atoms with Gasteiger partial charge >= 0.3 is 5.97 Å². The summed E-state index contributed by atoms with van der Waals surface area (Å²) >= 11 is 0. The second-order valence-corrected chi connectivity index (χ2v) is 4.48. The van der Waals surface area contributed by atoms with Crippen molar-refractivity contribution < 1.29 is 9.90 Å². The lowest BCUT2D eigenvalue weighted by atomic mass is 10.1. The van der Waals surface area contributed by atoms with Crippen LogP contribution in [-0.4, -0.2) is 27.3 Å². The minimum atomic E-state index is -0.959. The third kappa shape index (κ3) is 3.18. The van der Waals surface area contributed by atoms with Crippen molar-refractivity contribution in [3.63, 3.8) is 0 Å². The maximum absolute atomic E-state index is 11.3. The van der Waals surface area contributed by atoms with E-state index in [-0.39, 0.29) is 11.6 Å². The Morgan fingerprint density at radius 2 is 2.00 bits per heavy atom. The largest absolute Gasteiger partial charge is 0.478 e. The van der Waals surface area contributed by atoms with Crippen LogP contribution < -0.4 is 5.32 Å². The highest BCUT2D eigenvalue weighted by Crippen LogP contribution is 2.20. The Labute approximate surface area is 108 Å². The first kappa shape index (κ1) is 14.4. The molecular weight excluding hydrogens is 230 g/mol. The first-order valence-corrected chi connectivity index (χ1v) is 6.34. The van der Waals surface area contributed by atoms with E-state index in [4.69, 9.17) is 0 Å². The molecule has 0 radical (unpaired) electrons. The predicted molar refractivity (Wildman–Crippen MR) is 71.1 cm³/mol. The molecule has 100 valence electrons. The van der Waals surface area contributed by atoms with E-state index >= 15 is 0 Å². The Morgan fingerprint density at radius 3 is 2.50 bits per heavy atom. The molecule has 0 fully saturated rings. The minimum absolute atomic E-state index is 0.233. The van der Waals surface area contributed by atoms with Crippen LogP contribution in [0.3, 0.4) is 0 Å². The highest BCUT2D eigenvalue weighted by molar-refractivity contribution is 5.94. The van der Waals surface area contributed by atoms with E-state index in [1.165, 1.54) is 0 Å². The normalized spacial score (nSPS) is 12.2. The molecule has 0 bridgehead atoms. The summed E-state index contributed by atoms with van der Waals surface area (Å²) in [5.74, 6) is -0.578. The number of hydrogen-bond donors (Lipinski definition) is 2. The van der Waals surface area contributed by atoms with Crippen molar-refractivity contribution in [3.8, 4) is 0 Å². The lowest BCUT2D eigenvalue weighted by Crippen LogP contribution is -2.22. The fourth-order valence-electron chi connectivity index (χ4n) is 1.89. The van der Waals surface area contributed by atoms with Crippen molar-refractivity contribution in [3.05, 3.63) is 16.8 Å². The summed E-state index contributed by atoms with van der Waals surface area (Å²) in [6, 6.07) is 0.240. The second-order valence-electron chi connectivity index (χ2n) is 4.48. The molecule has 2 N–H and O–H groups in total. The summed E-state index contributed by atoms with van der Waals surface area (Å²) in [5.41, 5.74) is 1.56. The zero-order chi connectivity index (χ0) is 13.7. The van der Waals surface area contributed by atoms with Gasteiger partial charge in [-0.3, -0.25) is 0 Å². The van der Waals surface area contributed by atoms with Gasteiger partial charge in [-0.05, 0) is 32.3 Å². The molecule has 1 atom stereocenters. The monoisotopic (exact) mass is 251 g/mol. The Hall–Kier alpha value is -1.65. The van der Waals surface area contributed by atoms with E-state index in [1.807, 2.05) is 0 Å². The van der Waals surface area contributed by atoms with Crippen LogP contribution in [0.2, 0.25) is 0 Å². The highest BCUT2D eigenvalue weighted by Gasteiger charge is 2.19. The van der Waals surface area contributed by atoms with Crippen molar-refractivity contribution in [1.29, 1.82) is 0 Å². The van der Waals surface area contributed by atoms with Crippen LogP contribution in [0.25, 0.3) is 0 Å². The van der Waals surface area contributed by atoms with Crippen molar-refractivity contribution in [2.45, 2.75) is 53.0 Å². The summed E-state index contributed by atoms with van der Waals surface area (Å²) in [7, 11) is 0. The number of nitrogens with one attached hydrogen (secondary N) is 1. The standard InChI is InChI=1S/C13H21N3O2/c1-5-7-10(6-2)14-12-11(13(17)18)8(3)9(4)15-16-12/h10H,5-7H2,1-4H3,(H,14,16)(H,17,18). The zero-order valence-electron chi connectivity index (χ0n) is 11.4. The molecule has 1 rings (SSSR count).